The third-order valence-electron chi connectivity index (χ3n) is 3.51. The van der Waals surface area contributed by atoms with Crippen molar-refractivity contribution in [3.8, 4) is 5.75 Å². The molecule has 0 aromatic heterocycles. The Kier molecular flexibility index (Phi) is 4.65. The number of methoxy groups -OCH3 is 1. The highest BCUT2D eigenvalue weighted by Crippen LogP contribution is 2.38. The Morgan fingerprint density at radius 3 is 3.00 bits per heavy atom. The van der Waals surface area contributed by atoms with Crippen molar-refractivity contribution < 1.29 is 9.47 Å². The van der Waals surface area contributed by atoms with E-state index in [-0.39, 0.29) is 6.10 Å². The maximum Gasteiger partial charge on any atom is 0.124 e. The molecule has 0 amide bonds. The standard InChI is InChI=1S/C14H20BrNO2/c1-9(8-17-3)14-7-12(16-2)11-6-10(15)4-5-13(11)18-14/h4-6,9,12,14,16H,7-8H2,1-3H3. The zero-order valence-corrected chi connectivity index (χ0v) is 12.7. The van der Waals surface area contributed by atoms with Gasteiger partial charge in [-0.1, -0.05) is 22.9 Å². The molecule has 1 aliphatic rings. The number of halogens is 1. The fourth-order valence-corrected chi connectivity index (χ4v) is 2.84. The Hall–Kier alpha value is -0.580. The molecule has 1 aliphatic heterocycles. The van der Waals surface area contributed by atoms with Crippen molar-refractivity contribution in [1.29, 1.82) is 0 Å². The summed E-state index contributed by atoms with van der Waals surface area (Å²) in [6.07, 6.45) is 1.18. The minimum atomic E-state index is 0.205. The molecular formula is C14H20BrNO2. The van der Waals surface area contributed by atoms with Crippen LogP contribution in [0.3, 0.4) is 0 Å². The highest BCUT2D eigenvalue weighted by atomic mass is 79.9. The molecule has 1 aromatic rings. The molecule has 4 heteroatoms. The van der Waals surface area contributed by atoms with E-state index >= 15 is 0 Å². The van der Waals surface area contributed by atoms with Crippen LogP contribution in [-0.2, 0) is 4.74 Å². The van der Waals surface area contributed by atoms with Crippen LogP contribution < -0.4 is 10.1 Å². The molecule has 1 heterocycles. The Bertz CT molecular complexity index is 411. The molecule has 0 aliphatic carbocycles. The van der Waals surface area contributed by atoms with Gasteiger partial charge in [0.1, 0.15) is 11.9 Å². The largest absolute Gasteiger partial charge is 0.490 e. The van der Waals surface area contributed by atoms with Gasteiger partial charge in [0.2, 0.25) is 0 Å². The van der Waals surface area contributed by atoms with Crippen molar-refractivity contribution in [3.63, 3.8) is 0 Å². The number of nitrogens with one attached hydrogen (secondary N) is 1. The van der Waals surface area contributed by atoms with E-state index in [9.17, 15) is 0 Å². The highest BCUT2D eigenvalue weighted by Gasteiger charge is 2.30. The van der Waals surface area contributed by atoms with Crippen LogP contribution in [0.4, 0.5) is 0 Å². The minimum Gasteiger partial charge on any atom is -0.490 e. The lowest BCUT2D eigenvalue weighted by Gasteiger charge is -2.35. The van der Waals surface area contributed by atoms with Crippen LogP contribution in [0.2, 0.25) is 0 Å². The van der Waals surface area contributed by atoms with Crippen LogP contribution in [0.5, 0.6) is 5.75 Å². The van der Waals surface area contributed by atoms with Gasteiger partial charge in [-0.15, -0.1) is 0 Å². The summed E-state index contributed by atoms with van der Waals surface area (Å²) in [5.41, 5.74) is 1.23. The highest BCUT2D eigenvalue weighted by molar-refractivity contribution is 9.10. The maximum atomic E-state index is 6.09. The van der Waals surface area contributed by atoms with Gasteiger partial charge in [0, 0.05) is 35.5 Å². The average molecular weight is 314 g/mol. The Balaban J connectivity index is 2.22. The Morgan fingerprint density at radius 1 is 1.56 bits per heavy atom. The number of hydrogen-bond acceptors (Lipinski definition) is 3. The summed E-state index contributed by atoms with van der Waals surface area (Å²) in [5.74, 6) is 1.37. The van der Waals surface area contributed by atoms with Crippen molar-refractivity contribution >= 4 is 15.9 Å². The predicted octanol–water partition coefficient (Wildman–Crippen LogP) is 3.14. The molecule has 0 saturated heterocycles. The number of benzene rings is 1. The molecule has 0 spiro atoms. The summed E-state index contributed by atoms with van der Waals surface area (Å²) in [4.78, 5) is 0. The molecule has 1 N–H and O–H groups in total. The summed E-state index contributed by atoms with van der Waals surface area (Å²) >= 11 is 3.51. The zero-order valence-electron chi connectivity index (χ0n) is 11.1. The maximum absolute atomic E-state index is 6.09. The van der Waals surface area contributed by atoms with Crippen LogP contribution in [0.25, 0.3) is 0 Å². The van der Waals surface area contributed by atoms with Gasteiger partial charge in [-0.3, -0.25) is 0 Å². The number of fused-ring (bicyclic) bond motifs is 1. The normalized spacial score (nSPS) is 24.2. The first kappa shape index (κ1) is 13.8. The van der Waals surface area contributed by atoms with Gasteiger partial charge in [0.05, 0.1) is 6.61 Å². The van der Waals surface area contributed by atoms with Crippen LogP contribution in [0, 0.1) is 5.92 Å². The van der Waals surface area contributed by atoms with Gasteiger partial charge in [-0.2, -0.15) is 0 Å². The first-order valence-corrected chi connectivity index (χ1v) is 7.07. The van der Waals surface area contributed by atoms with E-state index in [1.54, 1.807) is 7.11 Å². The van der Waals surface area contributed by atoms with E-state index in [0.717, 1.165) is 23.2 Å². The first-order valence-electron chi connectivity index (χ1n) is 6.28. The molecule has 3 nitrogen and oxygen atoms in total. The molecule has 3 unspecified atom stereocenters. The van der Waals surface area contributed by atoms with Gasteiger partial charge >= 0.3 is 0 Å². The van der Waals surface area contributed by atoms with E-state index in [2.05, 4.69) is 34.2 Å². The summed E-state index contributed by atoms with van der Waals surface area (Å²) in [5, 5.41) is 3.37. The monoisotopic (exact) mass is 313 g/mol. The minimum absolute atomic E-state index is 0.205. The Morgan fingerprint density at radius 2 is 2.33 bits per heavy atom. The van der Waals surface area contributed by atoms with Gasteiger partial charge in [-0.25, -0.2) is 0 Å². The molecular weight excluding hydrogens is 294 g/mol. The van der Waals surface area contributed by atoms with Crippen molar-refractivity contribution in [2.45, 2.75) is 25.5 Å². The van der Waals surface area contributed by atoms with E-state index in [4.69, 9.17) is 9.47 Å². The molecule has 3 atom stereocenters. The third-order valence-corrected chi connectivity index (χ3v) is 4.00. The average Bonchev–Trinajstić information content (AvgIpc) is 2.37. The summed E-state index contributed by atoms with van der Waals surface area (Å²) in [7, 11) is 3.73. The second-order valence-electron chi connectivity index (χ2n) is 4.85. The van der Waals surface area contributed by atoms with Crippen LogP contribution in [0.1, 0.15) is 24.9 Å². The topological polar surface area (TPSA) is 30.5 Å². The van der Waals surface area contributed by atoms with Crippen LogP contribution in [0.15, 0.2) is 22.7 Å². The van der Waals surface area contributed by atoms with E-state index in [1.165, 1.54) is 5.56 Å². The van der Waals surface area contributed by atoms with Gasteiger partial charge < -0.3 is 14.8 Å². The van der Waals surface area contributed by atoms with Crippen LogP contribution in [-0.4, -0.2) is 26.9 Å². The predicted molar refractivity (Wildman–Crippen MR) is 76.0 cm³/mol. The fourth-order valence-electron chi connectivity index (χ4n) is 2.46. The fraction of sp³-hybridized carbons (Fsp3) is 0.571. The van der Waals surface area contributed by atoms with E-state index in [1.807, 2.05) is 19.2 Å². The molecule has 0 bridgehead atoms. The van der Waals surface area contributed by atoms with Crippen molar-refractivity contribution in [3.05, 3.63) is 28.2 Å². The molecule has 2 rings (SSSR count). The summed E-state index contributed by atoms with van der Waals surface area (Å²) in [6, 6.07) is 6.54. The molecule has 0 saturated carbocycles. The molecule has 0 fully saturated rings. The van der Waals surface area contributed by atoms with Gasteiger partial charge in [-0.05, 0) is 25.2 Å². The lowest BCUT2D eigenvalue weighted by Crippen LogP contribution is -2.37. The number of rotatable bonds is 4. The SMILES string of the molecule is CNC1CC(C(C)COC)Oc2ccc(Br)cc21. The van der Waals surface area contributed by atoms with Crippen molar-refractivity contribution in [1.82, 2.24) is 5.32 Å². The van der Waals surface area contributed by atoms with Gasteiger partial charge in [0.15, 0.2) is 0 Å². The summed E-state index contributed by atoms with van der Waals surface area (Å²) in [6.45, 7) is 2.90. The summed E-state index contributed by atoms with van der Waals surface area (Å²) < 4.78 is 12.4. The van der Waals surface area contributed by atoms with E-state index < -0.39 is 0 Å². The lowest BCUT2D eigenvalue weighted by molar-refractivity contribution is 0.0508. The van der Waals surface area contributed by atoms with E-state index in [0.29, 0.717) is 12.0 Å². The van der Waals surface area contributed by atoms with Crippen molar-refractivity contribution in [2.75, 3.05) is 20.8 Å². The Labute approximate surface area is 117 Å². The second-order valence-corrected chi connectivity index (χ2v) is 5.76. The molecule has 100 valence electrons. The van der Waals surface area contributed by atoms with Crippen molar-refractivity contribution in [2.24, 2.45) is 5.92 Å². The molecule has 18 heavy (non-hydrogen) atoms. The second kappa shape index (κ2) is 6.04. The quantitative estimate of drug-likeness (QED) is 0.926. The van der Waals surface area contributed by atoms with Crippen LogP contribution >= 0.6 is 15.9 Å². The number of hydrogen-bond donors (Lipinski definition) is 1. The molecule has 0 radical (unpaired) electrons. The van der Waals surface area contributed by atoms with Gasteiger partial charge in [0.25, 0.3) is 0 Å². The zero-order chi connectivity index (χ0) is 13.1. The number of ether oxygens (including phenoxy) is 2. The third kappa shape index (κ3) is 2.87. The smallest absolute Gasteiger partial charge is 0.124 e. The lowest BCUT2D eigenvalue weighted by atomic mass is 9.91. The first-order chi connectivity index (χ1) is 8.65. The molecule has 1 aromatic carbocycles.